The molecule has 4 atom stereocenters. The van der Waals surface area contributed by atoms with Crippen molar-refractivity contribution >= 4 is 23.6 Å². The maximum Gasteiger partial charge on any atom is 0.408 e. The molecule has 3 N–H and O–H groups in total. The number of carbonyl (C=O) groups excluding carboxylic acids is 3. The molecule has 206 valence electrons. The Morgan fingerprint density at radius 1 is 1.08 bits per heavy atom. The van der Waals surface area contributed by atoms with E-state index in [0.29, 0.717) is 11.3 Å². The molecule has 8 heteroatoms. The zero-order valence-electron chi connectivity index (χ0n) is 23.5. The van der Waals surface area contributed by atoms with Crippen LogP contribution < -0.4 is 10.6 Å². The van der Waals surface area contributed by atoms with E-state index < -0.39 is 36.3 Å². The highest BCUT2D eigenvalue weighted by Crippen LogP contribution is 2.41. The number of benzene rings is 2. The van der Waals surface area contributed by atoms with Gasteiger partial charge < -0.3 is 25.4 Å². The molecule has 0 aliphatic heterocycles. The van der Waals surface area contributed by atoms with E-state index in [1.165, 1.54) is 4.90 Å². The molecule has 0 bridgehead atoms. The first-order valence-electron chi connectivity index (χ1n) is 13.2. The molecule has 0 saturated heterocycles. The molecule has 0 spiro atoms. The van der Waals surface area contributed by atoms with E-state index in [0.717, 1.165) is 29.5 Å². The lowest BCUT2D eigenvalue weighted by molar-refractivity contribution is -0.142. The normalized spacial score (nSPS) is 18.2. The first kappa shape index (κ1) is 29.2. The number of nitrogens with zero attached hydrogens (tertiary/aromatic N) is 1. The summed E-state index contributed by atoms with van der Waals surface area (Å²) in [7, 11) is 0. The minimum absolute atomic E-state index is 0.172. The summed E-state index contributed by atoms with van der Waals surface area (Å²) in [5, 5.41) is 15.7. The van der Waals surface area contributed by atoms with Crippen molar-refractivity contribution in [2.24, 2.45) is 5.92 Å². The van der Waals surface area contributed by atoms with Gasteiger partial charge in [-0.05, 0) is 75.6 Å². The Bertz CT molecular complexity index is 1140. The summed E-state index contributed by atoms with van der Waals surface area (Å²) in [5.74, 6) is -0.716. The smallest absolute Gasteiger partial charge is 0.408 e. The van der Waals surface area contributed by atoms with Gasteiger partial charge in [-0.2, -0.15) is 0 Å². The fourth-order valence-electron chi connectivity index (χ4n) is 4.56. The second kappa shape index (κ2) is 12.0. The third-order valence-corrected chi connectivity index (χ3v) is 6.81. The largest absolute Gasteiger partial charge is 0.444 e. The van der Waals surface area contributed by atoms with E-state index in [-0.39, 0.29) is 17.9 Å². The standard InChI is InChI=1S/C30H41N3O5/c1-8-21-12-14-22(15-13-21)26(27(35)32-25-18(2)10-9-11-19(25)3)33(24-16-20(24)4)28(36)23(17-34)31-29(37)38-30(5,6)7/h9-15,20,23-24,26,34H,8,16-17H2,1-7H3,(H,31,37)(H,32,35). The third-order valence-electron chi connectivity index (χ3n) is 6.81. The molecule has 1 aliphatic carbocycles. The summed E-state index contributed by atoms with van der Waals surface area (Å²) >= 11 is 0. The fourth-order valence-corrected chi connectivity index (χ4v) is 4.56. The van der Waals surface area contributed by atoms with Crippen LogP contribution >= 0.6 is 0 Å². The molecule has 8 nitrogen and oxygen atoms in total. The van der Waals surface area contributed by atoms with Gasteiger partial charge in [0.2, 0.25) is 5.91 Å². The number of aryl methyl sites for hydroxylation is 3. The number of rotatable bonds is 9. The highest BCUT2D eigenvalue weighted by molar-refractivity contribution is 6.00. The lowest BCUT2D eigenvalue weighted by Crippen LogP contribution is -2.54. The quantitative estimate of drug-likeness (QED) is 0.443. The maximum absolute atomic E-state index is 14.0. The fraction of sp³-hybridized carbons (Fsp3) is 0.500. The first-order valence-corrected chi connectivity index (χ1v) is 13.2. The second-order valence-corrected chi connectivity index (χ2v) is 11.2. The summed E-state index contributed by atoms with van der Waals surface area (Å²) < 4.78 is 5.31. The maximum atomic E-state index is 14.0. The Labute approximate surface area is 225 Å². The average Bonchev–Trinajstić information content (AvgIpc) is 3.57. The van der Waals surface area contributed by atoms with E-state index in [2.05, 4.69) is 17.6 Å². The number of amides is 3. The van der Waals surface area contributed by atoms with Gasteiger partial charge in [0.25, 0.3) is 5.91 Å². The van der Waals surface area contributed by atoms with E-state index in [1.54, 1.807) is 20.8 Å². The Balaban J connectivity index is 2.02. The minimum Gasteiger partial charge on any atom is -0.444 e. The first-order chi connectivity index (χ1) is 17.9. The molecule has 38 heavy (non-hydrogen) atoms. The van der Waals surface area contributed by atoms with Crippen LogP contribution in [0.1, 0.15) is 69.3 Å². The Morgan fingerprint density at radius 2 is 1.66 bits per heavy atom. The predicted octanol–water partition coefficient (Wildman–Crippen LogP) is 4.67. The molecule has 2 aromatic carbocycles. The number of para-hydroxylation sites is 1. The summed E-state index contributed by atoms with van der Waals surface area (Å²) in [5.41, 5.74) is 3.53. The van der Waals surface area contributed by atoms with Gasteiger partial charge in [-0.3, -0.25) is 9.59 Å². The van der Waals surface area contributed by atoms with Crippen molar-refractivity contribution in [1.29, 1.82) is 0 Å². The summed E-state index contributed by atoms with van der Waals surface area (Å²) in [6, 6.07) is 11.0. The predicted molar refractivity (Wildman–Crippen MR) is 148 cm³/mol. The van der Waals surface area contributed by atoms with Crippen LogP contribution in [0.25, 0.3) is 0 Å². The van der Waals surface area contributed by atoms with Crippen LogP contribution in [-0.4, -0.2) is 52.2 Å². The van der Waals surface area contributed by atoms with Gasteiger partial charge >= 0.3 is 6.09 Å². The van der Waals surface area contributed by atoms with E-state index >= 15 is 0 Å². The number of alkyl carbamates (subject to hydrolysis) is 1. The summed E-state index contributed by atoms with van der Waals surface area (Å²) in [6.07, 6.45) is 0.752. The molecule has 1 saturated carbocycles. The highest BCUT2D eigenvalue weighted by Gasteiger charge is 2.48. The van der Waals surface area contributed by atoms with Gasteiger partial charge in [0.05, 0.1) is 6.61 Å². The summed E-state index contributed by atoms with van der Waals surface area (Å²) in [4.78, 5) is 42.0. The van der Waals surface area contributed by atoms with Crippen molar-refractivity contribution in [1.82, 2.24) is 10.2 Å². The molecular formula is C30H41N3O5. The van der Waals surface area contributed by atoms with Crippen LogP contribution in [0.2, 0.25) is 0 Å². The topological polar surface area (TPSA) is 108 Å². The minimum atomic E-state index is -1.26. The number of carbonyl (C=O) groups is 3. The molecule has 0 radical (unpaired) electrons. The molecule has 0 heterocycles. The zero-order chi connectivity index (χ0) is 28.2. The van der Waals surface area contributed by atoms with Crippen LogP contribution in [0.15, 0.2) is 42.5 Å². The van der Waals surface area contributed by atoms with Crippen molar-refractivity contribution in [3.8, 4) is 0 Å². The molecule has 3 amide bonds. The molecule has 0 aromatic heterocycles. The number of ether oxygens (including phenoxy) is 1. The van der Waals surface area contributed by atoms with E-state index in [4.69, 9.17) is 4.74 Å². The molecule has 2 aromatic rings. The number of hydrogen-bond acceptors (Lipinski definition) is 5. The van der Waals surface area contributed by atoms with E-state index in [1.807, 2.05) is 63.2 Å². The van der Waals surface area contributed by atoms with E-state index in [9.17, 15) is 19.5 Å². The number of hydrogen-bond donors (Lipinski definition) is 3. The van der Waals surface area contributed by atoms with Crippen LogP contribution in [0, 0.1) is 19.8 Å². The lowest BCUT2D eigenvalue weighted by Gasteiger charge is -2.35. The molecule has 1 fully saturated rings. The SMILES string of the molecule is CCc1ccc(C(C(=O)Nc2c(C)cccc2C)N(C(=O)C(CO)NC(=O)OC(C)(C)C)C2CC2C)cc1. The van der Waals surface area contributed by atoms with Gasteiger partial charge in [-0.1, -0.05) is 56.3 Å². The van der Waals surface area contributed by atoms with Crippen molar-refractivity contribution < 1.29 is 24.2 Å². The van der Waals surface area contributed by atoms with Crippen LogP contribution in [0.5, 0.6) is 0 Å². The van der Waals surface area contributed by atoms with Crippen LogP contribution in [-0.2, 0) is 20.7 Å². The van der Waals surface area contributed by atoms with Crippen molar-refractivity contribution in [2.45, 2.75) is 85.0 Å². The lowest BCUT2D eigenvalue weighted by atomic mass is 9.99. The zero-order valence-corrected chi connectivity index (χ0v) is 23.5. The van der Waals surface area contributed by atoms with Gasteiger partial charge in [0.15, 0.2) is 0 Å². The third kappa shape index (κ3) is 7.13. The van der Waals surface area contributed by atoms with Crippen LogP contribution in [0.4, 0.5) is 10.5 Å². The molecule has 4 unspecified atom stereocenters. The number of aliphatic hydroxyl groups is 1. The number of aliphatic hydroxyl groups excluding tert-OH is 1. The Kier molecular flexibility index (Phi) is 9.20. The summed E-state index contributed by atoms with van der Waals surface area (Å²) in [6.45, 7) is 12.4. The molecule has 1 aliphatic rings. The van der Waals surface area contributed by atoms with Crippen molar-refractivity contribution in [3.05, 3.63) is 64.7 Å². The number of anilines is 1. The van der Waals surface area contributed by atoms with Gasteiger partial charge in [-0.15, -0.1) is 0 Å². The molecule has 3 rings (SSSR count). The van der Waals surface area contributed by atoms with Gasteiger partial charge in [0.1, 0.15) is 17.7 Å². The van der Waals surface area contributed by atoms with Gasteiger partial charge in [-0.25, -0.2) is 4.79 Å². The Hall–Kier alpha value is -3.39. The molecular weight excluding hydrogens is 482 g/mol. The van der Waals surface area contributed by atoms with Crippen molar-refractivity contribution in [2.75, 3.05) is 11.9 Å². The monoisotopic (exact) mass is 523 g/mol. The van der Waals surface area contributed by atoms with Gasteiger partial charge in [0, 0.05) is 11.7 Å². The highest BCUT2D eigenvalue weighted by atomic mass is 16.6. The second-order valence-electron chi connectivity index (χ2n) is 11.2. The Morgan fingerprint density at radius 3 is 2.13 bits per heavy atom. The van der Waals surface area contributed by atoms with Crippen LogP contribution in [0.3, 0.4) is 0 Å². The van der Waals surface area contributed by atoms with Crippen molar-refractivity contribution in [3.63, 3.8) is 0 Å². The number of nitrogens with one attached hydrogen (secondary N) is 2. The average molecular weight is 524 g/mol.